The normalized spacial score (nSPS) is 11.4. The lowest BCUT2D eigenvalue weighted by Crippen LogP contribution is -2.24. The Labute approximate surface area is 184 Å². The van der Waals surface area contributed by atoms with E-state index in [9.17, 15) is 22.7 Å². The number of carboxylic acid groups (broad SMARTS) is 1. The number of carbonyl (C=O) groups is 1. The average molecular weight is 463 g/mol. The van der Waals surface area contributed by atoms with Gasteiger partial charge in [0.25, 0.3) is 10.0 Å². The zero-order valence-electron chi connectivity index (χ0n) is 18.0. The topological polar surface area (TPSA) is 126 Å². The standard InChI is InChI=1S/C21H23FN4O5S/c1-12-5-6-15(22)9-19(12)32(29,30)25-16-10-18(21(27)28)20(23-11-16)26(4)8-7-17-13(2)24-31-14(17)3/h5-6,9-11,25H,7-8H2,1-4H3,(H,27,28). The highest BCUT2D eigenvalue weighted by Crippen LogP contribution is 2.25. The van der Waals surface area contributed by atoms with Crippen molar-refractivity contribution in [2.24, 2.45) is 0 Å². The molecule has 0 aliphatic heterocycles. The lowest BCUT2D eigenvalue weighted by atomic mass is 10.1. The molecule has 0 fully saturated rings. The van der Waals surface area contributed by atoms with Crippen LogP contribution in [0.4, 0.5) is 15.9 Å². The van der Waals surface area contributed by atoms with Crippen LogP contribution in [0.25, 0.3) is 0 Å². The number of halogens is 1. The molecular weight excluding hydrogens is 439 g/mol. The molecule has 0 unspecified atom stereocenters. The molecule has 2 heterocycles. The molecule has 0 bridgehead atoms. The molecular formula is C21H23FN4O5S. The fourth-order valence-electron chi connectivity index (χ4n) is 3.29. The van der Waals surface area contributed by atoms with Gasteiger partial charge in [0.15, 0.2) is 0 Å². The molecule has 0 aliphatic rings. The molecule has 0 amide bonds. The smallest absolute Gasteiger partial charge is 0.339 e. The second-order valence-electron chi connectivity index (χ2n) is 7.39. The molecule has 3 rings (SSSR count). The summed E-state index contributed by atoms with van der Waals surface area (Å²) >= 11 is 0. The quantitative estimate of drug-likeness (QED) is 0.522. The Morgan fingerprint density at radius 3 is 2.59 bits per heavy atom. The summed E-state index contributed by atoms with van der Waals surface area (Å²) in [5, 5.41) is 13.6. The predicted octanol–water partition coefficient (Wildman–Crippen LogP) is 3.31. The number of rotatable bonds is 8. The fourth-order valence-corrected chi connectivity index (χ4v) is 4.58. The minimum Gasteiger partial charge on any atom is -0.478 e. The van der Waals surface area contributed by atoms with Crippen molar-refractivity contribution < 1.29 is 27.2 Å². The summed E-state index contributed by atoms with van der Waals surface area (Å²) in [6.45, 7) is 5.60. The van der Waals surface area contributed by atoms with Crippen LogP contribution < -0.4 is 9.62 Å². The van der Waals surface area contributed by atoms with Crippen LogP contribution in [0.1, 0.15) is 32.9 Å². The van der Waals surface area contributed by atoms with E-state index in [4.69, 9.17) is 4.52 Å². The first-order valence-electron chi connectivity index (χ1n) is 9.65. The Balaban J connectivity index is 1.85. The summed E-state index contributed by atoms with van der Waals surface area (Å²) in [5.74, 6) is -1.09. The highest BCUT2D eigenvalue weighted by Gasteiger charge is 2.22. The van der Waals surface area contributed by atoms with E-state index in [0.29, 0.717) is 24.3 Å². The van der Waals surface area contributed by atoms with Gasteiger partial charge in [0, 0.05) is 19.2 Å². The van der Waals surface area contributed by atoms with Crippen LogP contribution in [0.15, 0.2) is 39.9 Å². The van der Waals surface area contributed by atoms with Gasteiger partial charge < -0.3 is 14.5 Å². The summed E-state index contributed by atoms with van der Waals surface area (Å²) in [6.07, 6.45) is 1.78. The number of hydrogen-bond acceptors (Lipinski definition) is 7. The number of aryl methyl sites for hydroxylation is 3. The lowest BCUT2D eigenvalue weighted by Gasteiger charge is -2.20. The summed E-state index contributed by atoms with van der Waals surface area (Å²) in [5.41, 5.74) is 1.82. The highest BCUT2D eigenvalue weighted by molar-refractivity contribution is 7.92. The van der Waals surface area contributed by atoms with Crippen LogP contribution in [-0.4, -0.2) is 43.2 Å². The molecule has 11 heteroatoms. The van der Waals surface area contributed by atoms with Gasteiger partial charge in [-0.15, -0.1) is 0 Å². The molecule has 3 aromatic rings. The number of hydrogen-bond donors (Lipinski definition) is 2. The van der Waals surface area contributed by atoms with Crippen molar-refractivity contribution in [1.82, 2.24) is 10.1 Å². The van der Waals surface area contributed by atoms with Crippen LogP contribution in [0.3, 0.4) is 0 Å². The van der Waals surface area contributed by atoms with E-state index in [1.54, 1.807) is 18.9 Å². The molecule has 0 aliphatic carbocycles. The van der Waals surface area contributed by atoms with E-state index in [1.807, 2.05) is 6.92 Å². The Bertz CT molecular complexity index is 1250. The second-order valence-corrected chi connectivity index (χ2v) is 9.04. The number of aromatic nitrogens is 2. The largest absolute Gasteiger partial charge is 0.478 e. The number of nitrogens with one attached hydrogen (secondary N) is 1. The SMILES string of the molecule is Cc1ccc(F)cc1S(=O)(=O)Nc1cnc(N(C)CCc2c(C)noc2C)c(C(=O)O)c1. The molecule has 9 nitrogen and oxygen atoms in total. The molecule has 32 heavy (non-hydrogen) atoms. The average Bonchev–Trinajstić information content (AvgIpc) is 3.05. The van der Waals surface area contributed by atoms with Crippen molar-refractivity contribution in [1.29, 1.82) is 0 Å². The third-order valence-corrected chi connectivity index (χ3v) is 6.55. The monoisotopic (exact) mass is 462 g/mol. The van der Waals surface area contributed by atoms with Gasteiger partial charge in [0.1, 0.15) is 23.0 Å². The van der Waals surface area contributed by atoms with Crippen molar-refractivity contribution >= 4 is 27.5 Å². The van der Waals surface area contributed by atoms with E-state index >= 15 is 0 Å². The molecule has 0 spiro atoms. The minimum absolute atomic E-state index is 0.0473. The first-order chi connectivity index (χ1) is 15.0. The molecule has 0 atom stereocenters. The van der Waals surface area contributed by atoms with Gasteiger partial charge in [-0.3, -0.25) is 4.72 Å². The van der Waals surface area contributed by atoms with Crippen molar-refractivity contribution in [3.8, 4) is 0 Å². The third kappa shape index (κ3) is 4.88. The van der Waals surface area contributed by atoms with E-state index in [1.165, 1.54) is 25.3 Å². The van der Waals surface area contributed by atoms with Gasteiger partial charge in [0.2, 0.25) is 0 Å². The van der Waals surface area contributed by atoms with Crippen LogP contribution >= 0.6 is 0 Å². The van der Waals surface area contributed by atoms with Gasteiger partial charge in [-0.1, -0.05) is 11.2 Å². The summed E-state index contributed by atoms with van der Waals surface area (Å²) in [4.78, 5) is 17.4. The van der Waals surface area contributed by atoms with Crippen molar-refractivity contribution in [3.63, 3.8) is 0 Å². The van der Waals surface area contributed by atoms with E-state index in [2.05, 4.69) is 14.9 Å². The maximum atomic E-state index is 13.6. The van der Waals surface area contributed by atoms with Gasteiger partial charge in [-0.2, -0.15) is 0 Å². The second kappa shape index (κ2) is 8.95. The van der Waals surface area contributed by atoms with E-state index in [0.717, 1.165) is 23.4 Å². The van der Waals surface area contributed by atoms with Crippen LogP contribution in [-0.2, 0) is 16.4 Å². The first-order valence-corrected chi connectivity index (χ1v) is 11.1. The van der Waals surface area contributed by atoms with Crippen LogP contribution in [0.2, 0.25) is 0 Å². The van der Waals surface area contributed by atoms with E-state index < -0.39 is 21.8 Å². The third-order valence-electron chi connectivity index (χ3n) is 5.03. The molecule has 1 aromatic carbocycles. The van der Waals surface area contributed by atoms with E-state index in [-0.39, 0.29) is 22.0 Å². The van der Waals surface area contributed by atoms with Gasteiger partial charge >= 0.3 is 5.97 Å². The Hall–Kier alpha value is -3.47. The number of anilines is 2. The number of pyridine rings is 1. The maximum Gasteiger partial charge on any atom is 0.339 e. The highest BCUT2D eigenvalue weighted by atomic mass is 32.2. The van der Waals surface area contributed by atoms with Gasteiger partial charge in [-0.25, -0.2) is 22.6 Å². The maximum absolute atomic E-state index is 13.6. The number of nitrogens with zero attached hydrogens (tertiary/aromatic N) is 3. The molecule has 170 valence electrons. The number of carboxylic acids is 1. The number of benzene rings is 1. The molecule has 0 saturated heterocycles. The fraction of sp³-hybridized carbons (Fsp3) is 0.286. The van der Waals surface area contributed by atoms with Crippen molar-refractivity contribution in [2.45, 2.75) is 32.1 Å². The summed E-state index contributed by atoms with van der Waals surface area (Å²) in [7, 11) is -2.46. The molecule has 0 radical (unpaired) electrons. The Kier molecular flexibility index (Phi) is 6.49. The number of likely N-dealkylation sites (N-methyl/N-ethyl adjacent to an activating group) is 1. The summed E-state index contributed by atoms with van der Waals surface area (Å²) in [6, 6.07) is 4.59. The lowest BCUT2D eigenvalue weighted by molar-refractivity contribution is 0.0697. The van der Waals surface area contributed by atoms with Crippen molar-refractivity contribution in [2.75, 3.05) is 23.2 Å². The van der Waals surface area contributed by atoms with Crippen LogP contribution in [0.5, 0.6) is 0 Å². The Morgan fingerprint density at radius 1 is 1.25 bits per heavy atom. The molecule has 0 saturated carbocycles. The minimum atomic E-state index is -4.15. The number of aromatic carboxylic acids is 1. The van der Waals surface area contributed by atoms with Crippen LogP contribution in [0, 0.1) is 26.6 Å². The Morgan fingerprint density at radius 2 is 1.97 bits per heavy atom. The summed E-state index contributed by atoms with van der Waals surface area (Å²) < 4.78 is 46.4. The van der Waals surface area contributed by atoms with Crippen molar-refractivity contribution in [3.05, 3.63) is 64.4 Å². The number of sulfonamides is 1. The zero-order chi connectivity index (χ0) is 23.6. The van der Waals surface area contributed by atoms with Gasteiger partial charge in [-0.05, 0) is 51.0 Å². The predicted molar refractivity (Wildman–Crippen MR) is 116 cm³/mol. The molecule has 2 N–H and O–H groups in total. The molecule has 2 aromatic heterocycles. The van der Waals surface area contributed by atoms with Gasteiger partial charge in [0.05, 0.1) is 22.5 Å². The first kappa shape index (κ1) is 23.2. The zero-order valence-corrected chi connectivity index (χ0v) is 18.8.